The first kappa shape index (κ1) is 17.8. The maximum Gasteiger partial charge on any atom is 0.242 e. The van der Waals surface area contributed by atoms with Crippen molar-refractivity contribution in [2.75, 3.05) is 13.1 Å². The molecule has 1 amide bonds. The highest BCUT2D eigenvalue weighted by Gasteiger charge is 2.32. The van der Waals surface area contributed by atoms with E-state index in [9.17, 15) is 17.6 Å². The fourth-order valence-corrected chi connectivity index (χ4v) is 3.81. The lowest BCUT2D eigenvalue weighted by molar-refractivity contribution is -0.136. The minimum absolute atomic E-state index is 0.0282. The summed E-state index contributed by atoms with van der Waals surface area (Å²) in [4.78, 5) is 13.8. The van der Waals surface area contributed by atoms with Gasteiger partial charge in [-0.1, -0.05) is 0 Å². The second-order valence-electron chi connectivity index (χ2n) is 6.36. The van der Waals surface area contributed by atoms with E-state index in [1.165, 1.54) is 12.1 Å². The molecular formula is C15H22FN3O3S. The van der Waals surface area contributed by atoms with Crippen molar-refractivity contribution >= 4 is 15.9 Å². The Morgan fingerprint density at radius 3 is 2.26 bits per heavy atom. The van der Waals surface area contributed by atoms with Crippen molar-refractivity contribution in [3.63, 3.8) is 0 Å². The molecule has 0 atom stereocenters. The largest absolute Gasteiger partial charge is 0.341 e. The van der Waals surface area contributed by atoms with E-state index in [-0.39, 0.29) is 16.8 Å². The van der Waals surface area contributed by atoms with Gasteiger partial charge in [0.2, 0.25) is 15.9 Å². The number of nitrogens with two attached hydrogens (primary N) is 1. The number of carbonyl (C=O) groups is 1. The Bertz CT molecular complexity index is 660. The average molecular weight is 343 g/mol. The summed E-state index contributed by atoms with van der Waals surface area (Å²) >= 11 is 0. The molecule has 23 heavy (non-hydrogen) atoms. The number of hydrogen-bond acceptors (Lipinski definition) is 4. The van der Waals surface area contributed by atoms with Crippen LogP contribution in [0.25, 0.3) is 0 Å². The summed E-state index contributed by atoms with van der Waals surface area (Å²) in [6, 6.07) is 4.42. The first-order chi connectivity index (χ1) is 10.6. The number of halogens is 1. The molecule has 1 aliphatic rings. The molecule has 1 aromatic rings. The zero-order valence-electron chi connectivity index (χ0n) is 13.3. The van der Waals surface area contributed by atoms with Gasteiger partial charge in [-0.25, -0.2) is 17.5 Å². The molecule has 0 bridgehead atoms. The number of nitrogens with one attached hydrogen (secondary N) is 1. The number of nitrogens with zero attached hydrogens (tertiary/aromatic N) is 1. The zero-order valence-corrected chi connectivity index (χ0v) is 14.1. The van der Waals surface area contributed by atoms with Crippen LogP contribution < -0.4 is 10.5 Å². The Morgan fingerprint density at radius 2 is 1.78 bits per heavy atom. The molecule has 0 aromatic heterocycles. The lowest BCUT2D eigenvalue weighted by Crippen LogP contribution is -2.55. The summed E-state index contributed by atoms with van der Waals surface area (Å²) in [7, 11) is -3.69. The van der Waals surface area contributed by atoms with Crippen LogP contribution in [0.3, 0.4) is 0 Å². The van der Waals surface area contributed by atoms with Crippen molar-refractivity contribution in [3.8, 4) is 0 Å². The van der Waals surface area contributed by atoms with Crippen LogP contribution in [-0.2, 0) is 14.8 Å². The number of amides is 1. The van der Waals surface area contributed by atoms with Gasteiger partial charge < -0.3 is 10.6 Å². The number of piperidine rings is 1. The highest BCUT2D eigenvalue weighted by Crippen LogP contribution is 2.17. The molecule has 1 aromatic carbocycles. The molecule has 1 fully saturated rings. The van der Waals surface area contributed by atoms with Crippen molar-refractivity contribution in [1.29, 1.82) is 0 Å². The van der Waals surface area contributed by atoms with Gasteiger partial charge in [0.15, 0.2) is 0 Å². The SMILES string of the molecule is CC(C)(N)C(=O)N1CCC(NS(=O)(=O)c2ccc(F)cc2)CC1. The van der Waals surface area contributed by atoms with Gasteiger partial charge in [-0.15, -0.1) is 0 Å². The minimum atomic E-state index is -3.69. The highest BCUT2D eigenvalue weighted by molar-refractivity contribution is 7.89. The van der Waals surface area contributed by atoms with Gasteiger partial charge in [0.05, 0.1) is 10.4 Å². The lowest BCUT2D eigenvalue weighted by atomic mass is 10.0. The predicted octanol–water partition coefficient (Wildman–Crippen LogP) is 0.832. The van der Waals surface area contributed by atoms with Gasteiger partial charge in [-0.2, -0.15) is 0 Å². The first-order valence-electron chi connectivity index (χ1n) is 7.46. The van der Waals surface area contributed by atoms with Gasteiger partial charge >= 0.3 is 0 Å². The summed E-state index contributed by atoms with van der Waals surface area (Å²) in [5.41, 5.74) is 4.87. The normalized spacial score (nSPS) is 17.3. The van der Waals surface area contributed by atoms with Crippen LogP contribution >= 0.6 is 0 Å². The second-order valence-corrected chi connectivity index (χ2v) is 8.08. The van der Waals surface area contributed by atoms with Crippen LogP contribution in [0.15, 0.2) is 29.2 Å². The summed E-state index contributed by atoms with van der Waals surface area (Å²) in [6.45, 7) is 4.21. The summed E-state index contributed by atoms with van der Waals surface area (Å²) in [5.74, 6) is -0.627. The van der Waals surface area contributed by atoms with Crippen LogP contribution in [-0.4, -0.2) is 43.9 Å². The number of rotatable bonds is 4. The molecule has 0 spiro atoms. The maximum absolute atomic E-state index is 12.9. The number of carbonyl (C=O) groups excluding carboxylic acids is 1. The second kappa shape index (κ2) is 6.54. The third-order valence-corrected chi connectivity index (χ3v) is 5.32. The quantitative estimate of drug-likeness (QED) is 0.847. The Kier molecular flexibility index (Phi) is 5.07. The standard InChI is InChI=1S/C15H22FN3O3S/c1-15(2,17)14(20)19-9-7-12(8-10-19)18-23(21,22)13-5-3-11(16)4-6-13/h3-6,12,18H,7-10,17H2,1-2H3. The van der Waals surface area contributed by atoms with E-state index in [0.717, 1.165) is 12.1 Å². The molecule has 0 radical (unpaired) electrons. The molecule has 128 valence electrons. The Labute approximate surface area is 135 Å². The number of sulfonamides is 1. The smallest absolute Gasteiger partial charge is 0.242 e. The zero-order chi connectivity index (χ0) is 17.3. The van der Waals surface area contributed by atoms with Crippen molar-refractivity contribution < 1.29 is 17.6 Å². The molecule has 6 nitrogen and oxygen atoms in total. The molecule has 1 aliphatic heterocycles. The Morgan fingerprint density at radius 1 is 1.26 bits per heavy atom. The van der Waals surface area contributed by atoms with Crippen molar-refractivity contribution in [3.05, 3.63) is 30.1 Å². The number of benzene rings is 1. The Balaban J connectivity index is 1.96. The van der Waals surface area contributed by atoms with Crippen molar-refractivity contribution in [1.82, 2.24) is 9.62 Å². The third-order valence-electron chi connectivity index (χ3n) is 3.78. The molecular weight excluding hydrogens is 321 g/mol. The lowest BCUT2D eigenvalue weighted by Gasteiger charge is -2.35. The van der Waals surface area contributed by atoms with Crippen molar-refractivity contribution in [2.24, 2.45) is 5.73 Å². The van der Waals surface area contributed by atoms with Gasteiger partial charge in [-0.3, -0.25) is 4.79 Å². The van der Waals surface area contributed by atoms with E-state index >= 15 is 0 Å². The molecule has 1 saturated heterocycles. The highest BCUT2D eigenvalue weighted by atomic mass is 32.2. The van der Waals surface area contributed by atoms with E-state index in [4.69, 9.17) is 5.73 Å². The van der Waals surface area contributed by atoms with E-state index in [1.54, 1.807) is 18.7 Å². The molecule has 0 aliphatic carbocycles. The van der Waals surface area contributed by atoms with E-state index < -0.39 is 21.4 Å². The molecule has 1 heterocycles. The minimum Gasteiger partial charge on any atom is -0.341 e. The molecule has 3 N–H and O–H groups in total. The summed E-state index contributed by atoms with van der Waals surface area (Å²) in [6.07, 6.45) is 1.03. The fourth-order valence-electron chi connectivity index (χ4n) is 2.51. The first-order valence-corrected chi connectivity index (χ1v) is 8.94. The van der Waals surface area contributed by atoms with Crippen LogP contribution in [0.4, 0.5) is 4.39 Å². The van der Waals surface area contributed by atoms with Gasteiger partial charge in [0.25, 0.3) is 0 Å². The van der Waals surface area contributed by atoms with Crippen LogP contribution in [0.2, 0.25) is 0 Å². The summed E-state index contributed by atoms with van der Waals surface area (Å²) in [5, 5.41) is 0. The molecule has 0 saturated carbocycles. The van der Waals surface area contributed by atoms with Crippen molar-refractivity contribution in [2.45, 2.75) is 43.2 Å². The van der Waals surface area contributed by atoms with Gasteiger partial charge in [-0.05, 0) is 51.0 Å². The monoisotopic (exact) mass is 343 g/mol. The van der Waals surface area contributed by atoms with E-state index in [0.29, 0.717) is 25.9 Å². The van der Waals surface area contributed by atoms with E-state index in [1.807, 2.05) is 0 Å². The Hall–Kier alpha value is -1.51. The van der Waals surface area contributed by atoms with Crippen LogP contribution in [0.5, 0.6) is 0 Å². The number of likely N-dealkylation sites (tertiary alicyclic amines) is 1. The molecule has 2 rings (SSSR count). The van der Waals surface area contributed by atoms with Gasteiger partial charge in [0.1, 0.15) is 5.82 Å². The van der Waals surface area contributed by atoms with Crippen LogP contribution in [0, 0.1) is 5.82 Å². The molecule has 8 heteroatoms. The number of hydrogen-bond donors (Lipinski definition) is 2. The third kappa shape index (κ3) is 4.49. The van der Waals surface area contributed by atoms with Gasteiger partial charge in [0, 0.05) is 19.1 Å². The summed E-state index contributed by atoms with van der Waals surface area (Å²) < 4.78 is 40.0. The van der Waals surface area contributed by atoms with Crippen LogP contribution in [0.1, 0.15) is 26.7 Å². The fraction of sp³-hybridized carbons (Fsp3) is 0.533. The van der Waals surface area contributed by atoms with E-state index in [2.05, 4.69) is 4.72 Å². The molecule has 0 unspecified atom stereocenters. The average Bonchev–Trinajstić information content (AvgIpc) is 2.46. The maximum atomic E-state index is 12.9. The topological polar surface area (TPSA) is 92.5 Å². The predicted molar refractivity (Wildman–Crippen MR) is 84.6 cm³/mol.